The zero-order valence-electron chi connectivity index (χ0n) is 16.9. The molecule has 1 atom stereocenters. The highest BCUT2D eigenvalue weighted by atomic mass is 35.5. The van der Waals surface area contributed by atoms with Crippen LogP contribution in [0.5, 0.6) is 5.75 Å². The Morgan fingerprint density at radius 2 is 1.70 bits per heavy atom. The molecule has 1 saturated heterocycles. The van der Waals surface area contributed by atoms with Crippen molar-refractivity contribution in [1.29, 1.82) is 0 Å². The van der Waals surface area contributed by atoms with Crippen molar-refractivity contribution in [3.63, 3.8) is 0 Å². The smallest absolute Gasteiger partial charge is 0.246 e. The third kappa shape index (κ3) is 3.67. The SMILES string of the molecule is O=C1[C@H]2Cc3ccc(OCc4ccc(Cl)cc4)cc3CN2C(=O)CN1C1CCCC1. The Morgan fingerprint density at radius 3 is 2.47 bits per heavy atom. The van der Waals surface area contributed by atoms with Crippen LogP contribution >= 0.6 is 11.6 Å². The first-order chi connectivity index (χ1) is 14.6. The topological polar surface area (TPSA) is 49.9 Å². The number of piperazine rings is 1. The second-order valence-corrected chi connectivity index (χ2v) is 8.93. The Morgan fingerprint density at radius 1 is 0.933 bits per heavy atom. The maximum Gasteiger partial charge on any atom is 0.246 e. The molecule has 0 aromatic heterocycles. The molecule has 2 fully saturated rings. The van der Waals surface area contributed by atoms with Crippen molar-refractivity contribution in [2.45, 2.75) is 57.3 Å². The molecule has 156 valence electrons. The zero-order chi connectivity index (χ0) is 20.7. The van der Waals surface area contributed by atoms with Gasteiger partial charge in [0.25, 0.3) is 0 Å². The van der Waals surface area contributed by atoms with Gasteiger partial charge in [0.2, 0.25) is 11.8 Å². The van der Waals surface area contributed by atoms with Gasteiger partial charge in [-0.3, -0.25) is 9.59 Å². The fourth-order valence-corrected chi connectivity index (χ4v) is 5.04. The lowest BCUT2D eigenvalue weighted by Crippen LogP contribution is -2.63. The fourth-order valence-electron chi connectivity index (χ4n) is 4.91. The van der Waals surface area contributed by atoms with E-state index in [2.05, 4.69) is 0 Å². The lowest BCUT2D eigenvalue weighted by Gasteiger charge is -2.45. The third-order valence-electron chi connectivity index (χ3n) is 6.59. The molecule has 3 aliphatic rings. The van der Waals surface area contributed by atoms with E-state index in [1.165, 1.54) is 0 Å². The first-order valence-corrected chi connectivity index (χ1v) is 11.1. The second-order valence-electron chi connectivity index (χ2n) is 8.49. The number of hydrogen-bond donors (Lipinski definition) is 0. The molecule has 1 aliphatic carbocycles. The van der Waals surface area contributed by atoms with Crippen molar-refractivity contribution in [3.8, 4) is 5.75 Å². The third-order valence-corrected chi connectivity index (χ3v) is 6.84. The van der Waals surface area contributed by atoms with Gasteiger partial charge in [0.15, 0.2) is 0 Å². The van der Waals surface area contributed by atoms with Gasteiger partial charge in [0, 0.05) is 24.0 Å². The molecule has 0 spiro atoms. The van der Waals surface area contributed by atoms with Gasteiger partial charge in [-0.1, -0.05) is 42.6 Å². The largest absolute Gasteiger partial charge is 0.489 e. The minimum absolute atomic E-state index is 0.0598. The molecule has 0 N–H and O–H groups in total. The van der Waals surface area contributed by atoms with E-state index in [4.69, 9.17) is 16.3 Å². The Kier molecular flexibility index (Phi) is 5.15. The summed E-state index contributed by atoms with van der Waals surface area (Å²) in [5, 5.41) is 0.703. The maximum absolute atomic E-state index is 13.2. The normalized spacial score (nSPS) is 21.6. The number of hydrogen-bond acceptors (Lipinski definition) is 3. The zero-order valence-corrected chi connectivity index (χ0v) is 17.6. The molecule has 5 nitrogen and oxygen atoms in total. The van der Waals surface area contributed by atoms with Crippen LogP contribution in [0.4, 0.5) is 0 Å². The van der Waals surface area contributed by atoms with E-state index in [1.807, 2.05) is 47.4 Å². The summed E-state index contributed by atoms with van der Waals surface area (Å²) >= 11 is 5.93. The van der Waals surface area contributed by atoms with Crippen molar-refractivity contribution in [2.75, 3.05) is 6.54 Å². The number of rotatable bonds is 4. The number of fused-ring (bicyclic) bond motifs is 2. The van der Waals surface area contributed by atoms with E-state index >= 15 is 0 Å². The molecule has 0 bridgehead atoms. The van der Waals surface area contributed by atoms with Crippen LogP contribution in [0.1, 0.15) is 42.4 Å². The molecule has 6 heteroatoms. The monoisotopic (exact) mass is 424 g/mol. The van der Waals surface area contributed by atoms with Crippen LogP contribution in [0.2, 0.25) is 5.02 Å². The number of halogens is 1. The van der Waals surface area contributed by atoms with E-state index in [0.717, 1.165) is 48.1 Å². The molecule has 2 aromatic rings. The molecule has 0 unspecified atom stereocenters. The Bertz CT molecular complexity index is 969. The molecular weight excluding hydrogens is 400 g/mol. The Labute approximate surface area is 181 Å². The van der Waals surface area contributed by atoms with Gasteiger partial charge < -0.3 is 14.5 Å². The number of ether oxygens (including phenoxy) is 1. The molecule has 1 saturated carbocycles. The number of benzene rings is 2. The highest BCUT2D eigenvalue weighted by Crippen LogP contribution is 2.33. The van der Waals surface area contributed by atoms with Crippen LogP contribution in [0.3, 0.4) is 0 Å². The van der Waals surface area contributed by atoms with Gasteiger partial charge in [-0.15, -0.1) is 0 Å². The van der Waals surface area contributed by atoms with Gasteiger partial charge >= 0.3 is 0 Å². The van der Waals surface area contributed by atoms with Crippen molar-refractivity contribution in [3.05, 3.63) is 64.2 Å². The highest BCUT2D eigenvalue weighted by Gasteiger charge is 2.44. The summed E-state index contributed by atoms with van der Waals surface area (Å²) in [6, 6.07) is 13.5. The molecule has 2 aliphatic heterocycles. The van der Waals surface area contributed by atoms with Crippen LogP contribution in [-0.4, -0.2) is 40.2 Å². The Balaban J connectivity index is 1.31. The Hall–Kier alpha value is -2.53. The molecule has 30 heavy (non-hydrogen) atoms. The van der Waals surface area contributed by atoms with E-state index in [0.29, 0.717) is 24.6 Å². The highest BCUT2D eigenvalue weighted by molar-refractivity contribution is 6.30. The predicted octanol–water partition coefficient (Wildman–Crippen LogP) is 3.96. The van der Waals surface area contributed by atoms with Crippen LogP contribution in [-0.2, 0) is 29.2 Å². The van der Waals surface area contributed by atoms with Gasteiger partial charge in [-0.2, -0.15) is 0 Å². The summed E-state index contributed by atoms with van der Waals surface area (Å²) in [4.78, 5) is 29.6. The summed E-state index contributed by atoms with van der Waals surface area (Å²) in [5.74, 6) is 0.949. The molecule has 2 amide bonds. The average molecular weight is 425 g/mol. The van der Waals surface area contributed by atoms with Crippen LogP contribution in [0.25, 0.3) is 0 Å². The second kappa shape index (κ2) is 7.95. The lowest BCUT2D eigenvalue weighted by molar-refractivity contribution is -0.159. The van der Waals surface area contributed by atoms with Crippen LogP contribution in [0.15, 0.2) is 42.5 Å². The first-order valence-electron chi connectivity index (χ1n) is 10.7. The number of nitrogens with zero attached hydrogens (tertiary/aromatic N) is 2. The lowest BCUT2D eigenvalue weighted by atomic mass is 9.91. The standard InChI is InChI=1S/C24H25ClN2O3/c25-19-8-5-16(6-9-19)15-30-21-10-7-17-12-22-24(29)26(20-3-1-2-4-20)14-23(28)27(22)13-18(17)11-21/h5-11,20,22H,1-4,12-15H2/t22-/m1/s1. The van der Waals surface area contributed by atoms with Gasteiger partial charge in [0.05, 0.1) is 0 Å². The van der Waals surface area contributed by atoms with Crippen molar-refractivity contribution < 1.29 is 14.3 Å². The van der Waals surface area contributed by atoms with E-state index < -0.39 is 0 Å². The van der Waals surface area contributed by atoms with Crippen LogP contribution < -0.4 is 4.74 Å². The van der Waals surface area contributed by atoms with E-state index in [-0.39, 0.29) is 30.4 Å². The summed E-state index contributed by atoms with van der Waals surface area (Å²) < 4.78 is 5.94. The van der Waals surface area contributed by atoms with E-state index in [9.17, 15) is 9.59 Å². The molecule has 0 radical (unpaired) electrons. The maximum atomic E-state index is 13.2. The van der Waals surface area contributed by atoms with Gasteiger partial charge in [0.1, 0.15) is 24.9 Å². The predicted molar refractivity (Wildman–Crippen MR) is 114 cm³/mol. The van der Waals surface area contributed by atoms with Gasteiger partial charge in [-0.25, -0.2) is 0 Å². The minimum atomic E-state index is -0.361. The van der Waals surface area contributed by atoms with Crippen LogP contribution in [0, 0.1) is 0 Å². The fraction of sp³-hybridized carbons (Fsp3) is 0.417. The number of carbonyl (C=O) groups is 2. The molecule has 5 rings (SSSR count). The number of carbonyl (C=O) groups excluding carboxylic acids is 2. The molecule has 2 heterocycles. The van der Waals surface area contributed by atoms with Gasteiger partial charge in [-0.05, 0) is 53.8 Å². The quantitative estimate of drug-likeness (QED) is 0.746. The van der Waals surface area contributed by atoms with Crippen molar-refractivity contribution in [1.82, 2.24) is 9.80 Å². The number of amides is 2. The summed E-state index contributed by atoms with van der Waals surface area (Å²) in [6.45, 7) is 1.15. The summed E-state index contributed by atoms with van der Waals surface area (Å²) in [5.41, 5.74) is 3.24. The molecule has 2 aromatic carbocycles. The molecular formula is C24H25ClN2O3. The summed E-state index contributed by atoms with van der Waals surface area (Å²) in [6.07, 6.45) is 4.94. The van der Waals surface area contributed by atoms with Crippen molar-refractivity contribution in [2.24, 2.45) is 0 Å². The van der Waals surface area contributed by atoms with E-state index in [1.54, 1.807) is 4.90 Å². The first kappa shape index (κ1) is 19.4. The van der Waals surface area contributed by atoms with Crippen molar-refractivity contribution >= 4 is 23.4 Å². The average Bonchev–Trinajstić information content (AvgIpc) is 3.29. The summed E-state index contributed by atoms with van der Waals surface area (Å²) in [7, 11) is 0. The minimum Gasteiger partial charge on any atom is -0.489 e.